The Morgan fingerprint density at radius 1 is 1.22 bits per heavy atom. The molecule has 14 heteroatoms. The number of benzene rings is 1. The molecule has 2 aliphatic heterocycles. The highest BCUT2D eigenvalue weighted by Gasteiger charge is 2.68. The van der Waals surface area contributed by atoms with Gasteiger partial charge < -0.3 is 9.84 Å². The molecular weight excluding hydrogens is 522 g/mol. The fourth-order valence-corrected chi connectivity index (χ4v) is 8.83. The third-order valence-corrected chi connectivity index (χ3v) is 11.3. The Kier molecular flexibility index (Phi) is 6.57. The fraction of sp³-hybridized carbons (Fsp3) is 0.478. The van der Waals surface area contributed by atoms with Gasteiger partial charge in [0.25, 0.3) is 5.91 Å². The lowest BCUT2D eigenvalue weighted by molar-refractivity contribution is -0.161. The van der Waals surface area contributed by atoms with Crippen molar-refractivity contribution in [2.24, 2.45) is 12.5 Å². The number of aromatic nitrogens is 4. The van der Waals surface area contributed by atoms with Crippen LogP contribution in [0.25, 0.3) is 0 Å². The Labute approximate surface area is 218 Å². The van der Waals surface area contributed by atoms with Crippen LogP contribution in [0.5, 0.6) is 0 Å². The quantitative estimate of drug-likeness (QED) is 0.497. The molecule has 1 aromatic heterocycles. The molecule has 2 aliphatic rings. The number of fused-ring (bicyclic) bond motifs is 1. The number of hydrogen-bond donors (Lipinski definition) is 1. The zero-order valence-corrected chi connectivity index (χ0v) is 22.8. The van der Waals surface area contributed by atoms with Crippen molar-refractivity contribution >= 4 is 39.3 Å². The number of β-lactam (4-membered cyclic amide) rings is 1. The average Bonchev–Trinajstić information content (AvgIpc) is 3.22. The van der Waals surface area contributed by atoms with Crippen molar-refractivity contribution in [2.45, 2.75) is 54.8 Å². The molecule has 0 saturated carbocycles. The monoisotopic (exact) mass is 549 g/mol. The maximum absolute atomic E-state index is 14.4. The molecule has 4 rings (SSSR count). The number of aromatic carboxylic acids is 1. The number of nitrogens with zero attached hydrogens (tertiary/aromatic N) is 5. The first kappa shape index (κ1) is 26.9. The Balaban J connectivity index is 2.01. The van der Waals surface area contributed by atoms with Crippen LogP contribution < -0.4 is 0 Å². The number of carbonyl (C=O) groups excluding carboxylic acids is 2. The third kappa shape index (κ3) is 4.07. The van der Waals surface area contributed by atoms with E-state index in [4.69, 9.17) is 4.74 Å². The summed E-state index contributed by atoms with van der Waals surface area (Å²) in [6, 6.07) is 5.82. The zero-order chi connectivity index (χ0) is 27.5. The van der Waals surface area contributed by atoms with E-state index in [0.717, 1.165) is 16.7 Å². The summed E-state index contributed by atoms with van der Waals surface area (Å²) in [6.45, 7) is 6.61. The van der Waals surface area contributed by atoms with E-state index < -0.39 is 48.5 Å². The van der Waals surface area contributed by atoms with Gasteiger partial charge in [0.05, 0.1) is 11.3 Å². The Morgan fingerprint density at radius 2 is 1.84 bits per heavy atom. The number of hydrogen-bond acceptors (Lipinski definition) is 10. The van der Waals surface area contributed by atoms with Gasteiger partial charge in [-0.15, -0.1) is 5.10 Å². The SMILES string of the molecule is CO[C@H]1C(=O)N2C(C(=O)C(C)(C)C)=C(C)C(Cc3ccc(C(=O)O)cc3)(Sc3nnnn3C)S(=O)(=O)[C@H]12. The first-order valence-electron chi connectivity index (χ1n) is 11.3. The number of aryl methyl sites for hydroxylation is 1. The van der Waals surface area contributed by atoms with E-state index in [1.165, 1.54) is 43.0 Å². The van der Waals surface area contributed by atoms with Crippen LogP contribution in [0.4, 0.5) is 0 Å². The van der Waals surface area contributed by atoms with Crippen LogP contribution in [0.1, 0.15) is 43.6 Å². The molecule has 198 valence electrons. The highest BCUT2D eigenvalue weighted by molar-refractivity contribution is 8.15. The number of sulfone groups is 1. The molecule has 1 aromatic carbocycles. The van der Waals surface area contributed by atoms with Gasteiger partial charge >= 0.3 is 5.97 Å². The van der Waals surface area contributed by atoms with E-state index in [0.29, 0.717) is 5.56 Å². The maximum Gasteiger partial charge on any atom is 0.335 e. The van der Waals surface area contributed by atoms with Crippen LogP contribution in [0.3, 0.4) is 0 Å². The van der Waals surface area contributed by atoms with Gasteiger partial charge in [0.15, 0.2) is 31.2 Å². The van der Waals surface area contributed by atoms with E-state index in [9.17, 15) is 27.9 Å². The van der Waals surface area contributed by atoms with Crippen molar-refractivity contribution in [3.63, 3.8) is 0 Å². The molecular formula is C23H27N5O7S2. The summed E-state index contributed by atoms with van der Waals surface area (Å²) in [5, 5.41) is 19.4. The van der Waals surface area contributed by atoms with Gasteiger partial charge in [-0.25, -0.2) is 17.9 Å². The van der Waals surface area contributed by atoms with Gasteiger partial charge in [0.2, 0.25) is 5.16 Å². The highest BCUT2D eigenvalue weighted by Crippen LogP contribution is 2.55. The Hall–Kier alpha value is -3.10. The summed E-state index contributed by atoms with van der Waals surface area (Å²) >= 11 is 0.870. The summed E-state index contributed by atoms with van der Waals surface area (Å²) in [5.41, 5.74) is -0.198. The van der Waals surface area contributed by atoms with Crippen LogP contribution >= 0.6 is 11.8 Å². The summed E-state index contributed by atoms with van der Waals surface area (Å²) in [7, 11) is -1.48. The molecule has 37 heavy (non-hydrogen) atoms. The van der Waals surface area contributed by atoms with Crippen molar-refractivity contribution in [3.05, 3.63) is 46.7 Å². The van der Waals surface area contributed by atoms with Crippen molar-refractivity contribution in [1.82, 2.24) is 25.1 Å². The maximum atomic E-state index is 14.4. The molecule has 3 heterocycles. The molecule has 0 spiro atoms. The number of ether oxygens (including phenoxy) is 1. The minimum absolute atomic E-state index is 0.00964. The standard InChI is InChI=1S/C23H27N5O7S2/c1-12-15(17(29)22(2,3)4)28-18(30)16(35-6)19(28)37(33,34)23(12,36-21-24-25-26-27(21)5)11-13-7-9-14(10-8-13)20(31)32/h7-10,16,19H,11H2,1-6H3,(H,31,32)/t16-,19+,23?/m0/s1. The van der Waals surface area contributed by atoms with Crippen LogP contribution in [0.2, 0.25) is 0 Å². The van der Waals surface area contributed by atoms with Crippen molar-refractivity contribution in [3.8, 4) is 0 Å². The number of ketones is 1. The van der Waals surface area contributed by atoms with Gasteiger partial charge in [-0.1, -0.05) is 44.7 Å². The second kappa shape index (κ2) is 9.03. The van der Waals surface area contributed by atoms with E-state index in [1.54, 1.807) is 27.8 Å². The number of methoxy groups -OCH3 is 1. The molecule has 3 atom stereocenters. The second-order valence-electron chi connectivity index (χ2n) is 9.97. The predicted octanol–water partition coefficient (Wildman–Crippen LogP) is 1.44. The van der Waals surface area contributed by atoms with Crippen molar-refractivity contribution < 1.29 is 32.6 Å². The minimum Gasteiger partial charge on any atom is -0.478 e. The first-order valence-corrected chi connectivity index (χ1v) is 13.6. The van der Waals surface area contributed by atoms with Crippen molar-refractivity contribution in [2.75, 3.05) is 7.11 Å². The van der Waals surface area contributed by atoms with E-state index in [1.807, 2.05) is 0 Å². The number of carbonyl (C=O) groups is 3. The van der Waals surface area contributed by atoms with E-state index in [2.05, 4.69) is 15.5 Å². The molecule has 1 saturated heterocycles. The minimum atomic E-state index is -4.29. The number of rotatable bonds is 7. The topological polar surface area (TPSA) is 162 Å². The molecule has 1 unspecified atom stereocenters. The summed E-state index contributed by atoms with van der Waals surface area (Å²) in [4.78, 5) is 39.1. The molecule has 2 aromatic rings. The zero-order valence-electron chi connectivity index (χ0n) is 21.1. The van der Waals surface area contributed by atoms with Gasteiger partial charge in [0, 0.05) is 26.0 Å². The van der Waals surface area contributed by atoms with Crippen LogP contribution in [-0.4, -0.2) is 79.0 Å². The average molecular weight is 550 g/mol. The largest absolute Gasteiger partial charge is 0.478 e. The van der Waals surface area contributed by atoms with Crippen molar-refractivity contribution in [1.29, 1.82) is 0 Å². The van der Waals surface area contributed by atoms with Gasteiger partial charge in [-0.05, 0) is 40.6 Å². The molecule has 1 fully saturated rings. The number of allylic oxidation sites excluding steroid dienone is 1. The smallest absolute Gasteiger partial charge is 0.335 e. The molecule has 0 aliphatic carbocycles. The Bertz CT molecular complexity index is 1430. The molecule has 1 N–H and O–H groups in total. The van der Waals surface area contributed by atoms with E-state index in [-0.39, 0.29) is 28.4 Å². The number of carboxylic acids is 1. The number of amides is 1. The number of tetrazole rings is 1. The van der Waals surface area contributed by atoms with Crippen LogP contribution in [0, 0.1) is 5.41 Å². The van der Waals surface area contributed by atoms with Gasteiger partial charge in [-0.3, -0.25) is 14.5 Å². The lowest BCUT2D eigenvalue weighted by atomic mass is 9.84. The molecule has 12 nitrogen and oxygen atoms in total. The van der Waals surface area contributed by atoms with Crippen LogP contribution in [0.15, 0.2) is 40.7 Å². The summed E-state index contributed by atoms with van der Waals surface area (Å²) < 4.78 is 33.7. The third-order valence-electron chi connectivity index (χ3n) is 6.56. The molecule has 1 amide bonds. The number of Topliss-reactive ketones (excluding diaryl/α,β-unsaturated/α-hetero) is 1. The number of thioether (sulfide) groups is 1. The van der Waals surface area contributed by atoms with E-state index >= 15 is 0 Å². The normalized spacial score (nSPS) is 25.0. The lowest BCUT2D eigenvalue weighted by Gasteiger charge is -2.54. The number of carboxylic acid groups (broad SMARTS) is 1. The Morgan fingerprint density at radius 3 is 2.32 bits per heavy atom. The molecule has 0 bridgehead atoms. The van der Waals surface area contributed by atoms with Gasteiger partial charge in [0.1, 0.15) is 0 Å². The highest BCUT2D eigenvalue weighted by atomic mass is 32.3. The fourth-order valence-electron chi connectivity index (χ4n) is 4.49. The molecule has 0 radical (unpaired) electrons. The second-order valence-corrected chi connectivity index (χ2v) is 13.8. The van der Waals surface area contributed by atoms with Crippen LogP contribution in [-0.2, 0) is 37.6 Å². The summed E-state index contributed by atoms with van der Waals surface area (Å²) in [5.74, 6) is -2.12. The lowest BCUT2D eigenvalue weighted by Crippen LogP contribution is -2.74. The summed E-state index contributed by atoms with van der Waals surface area (Å²) in [6.07, 6.45) is -1.43. The van der Waals surface area contributed by atoms with Gasteiger partial charge in [-0.2, -0.15) is 0 Å². The predicted molar refractivity (Wildman–Crippen MR) is 132 cm³/mol. The first-order chi connectivity index (χ1) is 17.2.